The Kier molecular flexibility index (Phi) is 5.10. The number of nitrogens with two attached hydrogens (primary N) is 1. The van der Waals surface area contributed by atoms with Crippen LogP contribution in [0.15, 0.2) is 24.3 Å². The van der Waals surface area contributed by atoms with E-state index in [1.165, 1.54) is 7.05 Å². The minimum Gasteiger partial charge on any atom is -0.395 e. The molecule has 0 saturated carbocycles. The fraction of sp³-hybridized carbons (Fsp3) is 0.312. The van der Waals surface area contributed by atoms with Crippen molar-refractivity contribution in [2.24, 2.45) is 0 Å². The third-order valence-corrected chi connectivity index (χ3v) is 5.23. The summed E-state index contributed by atoms with van der Waals surface area (Å²) in [7, 11) is 1.50. The number of carbonyl (C=O) groups excluding carboxylic acids is 2. The normalized spacial score (nSPS) is 14.5. The summed E-state index contributed by atoms with van der Waals surface area (Å²) in [6.45, 7) is 2.59. The van der Waals surface area contributed by atoms with Crippen molar-refractivity contribution in [3.63, 3.8) is 0 Å². The molecule has 25 heavy (non-hydrogen) atoms. The highest BCUT2D eigenvalue weighted by Crippen LogP contribution is 2.25. The Hall–Kier alpha value is -2.32. The molecule has 1 aliphatic heterocycles. The molecule has 1 fully saturated rings. The van der Waals surface area contributed by atoms with Crippen LogP contribution in [0.2, 0.25) is 5.02 Å². The van der Waals surface area contributed by atoms with Crippen molar-refractivity contribution in [3.8, 4) is 0 Å². The summed E-state index contributed by atoms with van der Waals surface area (Å²) in [5.41, 5.74) is 7.27. The van der Waals surface area contributed by atoms with E-state index in [2.05, 4.69) is 14.6 Å². The Morgan fingerprint density at radius 2 is 1.84 bits per heavy atom. The van der Waals surface area contributed by atoms with Crippen molar-refractivity contribution in [1.82, 2.24) is 14.6 Å². The second-order valence-electron chi connectivity index (χ2n) is 5.61. The summed E-state index contributed by atoms with van der Waals surface area (Å²) in [6, 6.07) is 7.65. The van der Waals surface area contributed by atoms with Gasteiger partial charge in [0.25, 0.3) is 11.8 Å². The first-order valence-corrected chi connectivity index (χ1v) is 8.93. The van der Waals surface area contributed by atoms with E-state index in [1.54, 1.807) is 4.90 Å². The van der Waals surface area contributed by atoms with Gasteiger partial charge in [-0.2, -0.15) is 4.37 Å². The maximum absolute atomic E-state index is 12.7. The van der Waals surface area contributed by atoms with Gasteiger partial charge in [0.15, 0.2) is 5.69 Å². The molecule has 3 N–H and O–H groups in total. The largest absolute Gasteiger partial charge is 0.395 e. The number of rotatable bonds is 3. The number of aromatic nitrogens is 1. The maximum Gasteiger partial charge on any atom is 0.272 e. The molecule has 1 saturated heterocycles. The Labute approximate surface area is 154 Å². The van der Waals surface area contributed by atoms with E-state index in [0.717, 1.165) is 17.2 Å². The predicted molar refractivity (Wildman–Crippen MR) is 99.5 cm³/mol. The van der Waals surface area contributed by atoms with E-state index in [9.17, 15) is 9.59 Å². The van der Waals surface area contributed by atoms with Crippen molar-refractivity contribution in [2.45, 2.75) is 0 Å². The highest BCUT2D eigenvalue weighted by Gasteiger charge is 2.27. The lowest BCUT2D eigenvalue weighted by Crippen LogP contribution is -2.48. The van der Waals surface area contributed by atoms with Crippen LogP contribution in [0.5, 0.6) is 0 Å². The molecule has 1 aromatic heterocycles. The van der Waals surface area contributed by atoms with Gasteiger partial charge >= 0.3 is 0 Å². The van der Waals surface area contributed by atoms with Crippen LogP contribution in [-0.4, -0.2) is 54.3 Å². The van der Waals surface area contributed by atoms with E-state index in [-0.39, 0.29) is 23.2 Å². The van der Waals surface area contributed by atoms with Crippen LogP contribution in [-0.2, 0) is 0 Å². The molecule has 7 nitrogen and oxygen atoms in total. The minimum atomic E-state index is -0.389. The lowest BCUT2D eigenvalue weighted by Gasteiger charge is -2.36. The Bertz CT molecular complexity index is 784. The second-order valence-corrected chi connectivity index (χ2v) is 6.82. The predicted octanol–water partition coefficient (Wildman–Crippen LogP) is 1.70. The molecule has 1 aromatic carbocycles. The molecule has 2 aromatic rings. The van der Waals surface area contributed by atoms with Gasteiger partial charge in [-0.1, -0.05) is 11.6 Å². The van der Waals surface area contributed by atoms with Gasteiger partial charge in [-0.25, -0.2) is 0 Å². The van der Waals surface area contributed by atoms with Crippen LogP contribution < -0.4 is 16.0 Å². The number of hydrogen-bond donors (Lipinski definition) is 2. The number of halogens is 1. The molecule has 1 aliphatic rings. The van der Waals surface area contributed by atoms with Crippen LogP contribution in [0.1, 0.15) is 20.2 Å². The number of benzene rings is 1. The number of carbonyl (C=O) groups is 2. The number of nitrogens with zero attached hydrogens (tertiary/aromatic N) is 3. The first-order valence-electron chi connectivity index (χ1n) is 7.78. The van der Waals surface area contributed by atoms with Crippen LogP contribution in [0, 0.1) is 0 Å². The molecule has 132 valence electrons. The zero-order valence-electron chi connectivity index (χ0n) is 13.7. The van der Waals surface area contributed by atoms with E-state index >= 15 is 0 Å². The van der Waals surface area contributed by atoms with E-state index in [0.29, 0.717) is 36.1 Å². The van der Waals surface area contributed by atoms with Crippen molar-refractivity contribution < 1.29 is 9.59 Å². The molecular weight excluding hydrogens is 362 g/mol. The summed E-state index contributed by atoms with van der Waals surface area (Å²) in [5, 5.41) is 3.17. The molecule has 0 radical (unpaired) electrons. The molecule has 9 heteroatoms. The molecule has 0 spiro atoms. The van der Waals surface area contributed by atoms with Gasteiger partial charge in [0.2, 0.25) is 0 Å². The third-order valence-electron chi connectivity index (χ3n) is 4.12. The topological polar surface area (TPSA) is 91.6 Å². The van der Waals surface area contributed by atoms with E-state index < -0.39 is 0 Å². The molecular formula is C16H18ClN5O2S. The number of nitrogen functional groups attached to an aromatic ring is 1. The van der Waals surface area contributed by atoms with E-state index in [4.69, 9.17) is 17.3 Å². The molecule has 3 rings (SSSR count). The maximum atomic E-state index is 12.7. The van der Waals surface area contributed by atoms with Crippen molar-refractivity contribution in [3.05, 3.63) is 39.9 Å². The highest BCUT2D eigenvalue weighted by molar-refractivity contribution is 7.09. The standard InChI is InChI=1S/C16H18ClN5O2S/c1-19-15(23)13-12(18)14(25-20-13)16(24)22-8-6-21(7-9-22)11-4-2-10(17)3-5-11/h2-5H,6-9,18H2,1H3,(H,19,23). The van der Waals surface area contributed by atoms with Crippen LogP contribution in [0.3, 0.4) is 0 Å². The second kappa shape index (κ2) is 7.28. The molecule has 0 atom stereocenters. The van der Waals surface area contributed by atoms with Gasteiger partial charge < -0.3 is 20.9 Å². The average Bonchev–Trinajstić information content (AvgIpc) is 3.02. The van der Waals surface area contributed by atoms with Crippen molar-refractivity contribution in [2.75, 3.05) is 43.9 Å². The number of anilines is 2. The average molecular weight is 380 g/mol. The lowest BCUT2D eigenvalue weighted by atomic mass is 10.2. The molecule has 0 bridgehead atoms. The number of amides is 2. The number of piperazine rings is 1. The third kappa shape index (κ3) is 3.54. The first kappa shape index (κ1) is 17.5. The smallest absolute Gasteiger partial charge is 0.272 e. The lowest BCUT2D eigenvalue weighted by molar-refractivity contribution is 0.0752. The molecule has 2 amide bonds. The summed E-state index contributed by atoms with van der Waals surface area (Å²) >= 11 is 6.88. The van der Waals surface area contributed by atoms with Crippen molar-refractivity contribution >= 4 is 46.3 Å². The van der Waals surface area contributed by atoms with Gasteiger partial charge in [-0.15, -0.1) is 0 Å². The zero-order chi connectivity index (χ0) is 18.0. The van der Waals surface area contributed by atoms with Gasteiger partial charge in [-0.05, 0) is 35.8 Å². The van der Waals surface area contributed by atoms with Crippen molar-refractivity contribution in [1.29, 1.82) is 0 Å². The van der Waals surface area contributed by atoms with Gasteiger partial charge in [-0.3, -0.25) is 9.59 Å². The summed E-state index contributed by atoms with van der Waals surface area (Å²) < 4.78 is 4.01. The van der Waals surface area contributed by atoms with Gasteiger partial charge in [0, 0.05) is 43.9 Å². The van der Waals surface area contributed by atoms with E-state index in [1.807, 2.05) is 24.3 Å². The SMILES string of the molecule is CNC(=O)c1nsc(C(=O)N2CCN(c3ccc(Cl)cc3)CC2)c1N. The Morgan fingerprint density at radius 1 is 1.20 bits per heavy atom. The zero-order valence-corrected chi connectivity index (χ0v) is 15.2. The number of nitrogens with one attached hydrogen (secondary N) is 1. The monoisotopic (exact) mass is 379 g/mol. The van der Waals surface area contributed by atoms with Crippen LogP contribution in [0.25, 0.3) is 0 Å². The highest BCUT2D eigenvalue weighted by atomic mass is 35.5. The molecule has 0 aliphatic carbocycles. The van der Waals surface area contributed by atoms with Crippen LogP contribution >= 0.6 is 23.1 Å². The Balaban J connectivity index is 1.67. The Morgan fingerprint density at radius 3 is 2.44 bits per heavy atom. The first-order chi connectivity index (χ1) is 12.0. The summed E-state index contributed by atoms with van der Waals surface area (Å²) in [6.07, 6.45) is 0. The minimum absolute atomic E-state index is 0.107. The molecule has 2 heterocycles. The quantitative estimate of drug-likeness (QED) is 0.846. The fourth-order valence-corrected chi connectivity index (χ4v) is 3.59. The summed E-state index contributed by atoms with van der Waals surface area (Å²) in [5.74, 6) is -0.568. The van der Waals surface area contributed by atoms with Gasteiger partial charge in [0.05, 0.1) is 5.69 Å². The van der Waals surface area contributed by atoms with Gasteiger partial charge in [0.1, 0.15) is 4.88 Å². The van der Waals surface area contributed by atoms with Crippen LogP contribution in [0.4, 0.5) is 11.4 Å². The summed E-state index contributed by atoms with van der Waals surface area (Å²) in [4.78, 5) is 28.6. The molecule has 0 unspecified atom stereocenters. The number of hydrogen-bond acceptors (Lipinski definition) is 6. The fourth-order valence-electron chi connectivity index (χ4n) is 2.70.